The van der Waals surface area contributed by atoms with E-state index in [0.29, 0.717) is 44.5 Å². The Hall–Kier alpha value is -1.14. The van der Waals surface area contributed by atoms with Crippen LogP contribution < -0.4 is 4.74 Å². The minimum Gasteiger partial charge on any atom is -0.497 e. The second kappa shape index (κ2) is 5.57. The van der Waals surface area contributed by atoms with E-state index in [9.17, 15) is 10.2 Å². The van der Waals surface area contributed by atoms with Gasteiger partial charge in [-0.1, -0.05) is 12.1 Å². The molecule has 0 radical (unpaired) electrons. The molecule has 2 aliphatic rings. The summed E-state index contributed by atoms with van der Waals surface area (Å²) >= 11 is 0. The number of hydrogen-bond donors (Lipinski definition) is 2. The highest BCUT2D eigenvalue weighted by atomic mass is 16.7. The van der Waals surface area contributed by atoms with Gasteiger partial charge in [-0.2, -0.15) is 0 Å². The molecule has 1 saturated carbocycles. The molecule has 5 nitrogen and oxygen atoms in total. The zero-order valence-corrected chi connectivity index (χ0v) is 12.2. The zero-order chi connectivity index (χ0) is 14.9. The van der Waals surface area contributed by atoms with Crippen molar-refractivity contribution >= 4 is 0 Å². The average Bonchev–Trinajstić information content (AvgIpc) is 2.99. The zero-order valence-electron chi connectivity index (χ0n) is 12.2. The summed E-state index contributed by atoms with van der Waals surface area (Å²) in [6.07, 6.45) is 1.22. The van der Waals surface area contributed by atoms with Crippen LogP contribution >= 0.6 is 0 Å². The number of ether oxygens (including phenoxy) is 3. The molecule has 0 amide bonds. The van der Waals surface area contributed by atoms with Gasteiger partial charge in [-0.3, -0.25) is 0 Å². The van der Waals surface area contributed by atoms with Crippen molar-refractivity contribution in [3.05, 3.63) is 29.8 Å². The molecule has 1 aliphatic carbocycles. The lowest BCUT2D eigenvalue weighted by Gasteiger charge is -2.42. The van der Waals surface area contributed by atoms with E-state index in [0.717, 1.165) is 5.75 Å². The lowest BCUT2D eigenvalue weighted by Crippen LogP contribution is -2.46. The normalized spacial score (nSPS) is 24.9. The second-order valence-electron chi connectivity index (χ2n) is 5.89. The molecular formula is C16H22O5. The number of methoxy groups -OCH3 is 1. The monoisotopic (exact) mass is 294 g/mol. The molecule has 1 aromatic rings. The smallest absolute Gasteiger partial charge is 0.168 e. The first kappa shape index (κ1) is 14.8. The van der Waals surface area contributed by atoms with Crippen LogP contribution in [0.15, 0.2) is 24.3 Å². The molecule has 1 atom stereocenters. The van der Waals surface area contributed by atoms with Crippen LogP contribution in [0.25, 0.3) is 0 Å². The molecule has 1 heterocycles. The van der Waals surface area contributed by atoms with E-state index in [4.69, 9.17) is 14.2 Å². The molecule has 116 valence electrons. The van der Waals surface area contributed by atoms with Gasteiger partial charge >= 0.3 is 0 Å². The Morgan fingerprint density at radius 3 is 2.14 bits per heavy atom. The Bertz CT molecular complexity index is 468. The molecule has 2 N–H and O–H groups in total. The van der Waals surface area contributed by atoms with Crippen molar-refractivity contribution in [1.82, 2.24) is 0 Å². The summed E-state index contributed by atoms with van der Waals surface area (Å²) < 4.78 is 16.4. The summed E-state index contributed by atoms with van der Waals surface area (Å²) in [7, 11) is 1.60. The molecule has 0 aromatic heterocycles. The van der Waals surface area contributed by atoms with E-state index in [2.05, 4.69) is 0 Å². The topological polar surface area (TPSA) is 68.2 Å². The highest BCUT2D eigenvalue weighted by Gasteiger charge is 2.48. The van der Waals surface area contributed by atoms with E-state index in [1.807, 2.05) is 0 Å². The first-order valence-electron chi connectivity index (χ1n) is 7.39. The van der Waals surface area contributed by atoms with E-state index in [1.165, 1.54) is 0 Å². The van der Waals surface area contributed by atoms with Crippen molar-refractivity contribution in [2.75, 3.05) is 20.3 Å². The van der Waals surface area contributed by atoms with Gasteiger partial charge in [-0.25, -0.2) is 0 Å². The van der Waals surface area contributed by atoms with Gasteiger partial charge in [0.15, 0.2) is 5.79 Å². The van der Waals surface area contributed by atoms with Crippen molar-refractivity contribution < 1.29 is 24.4 Å². The Labute approximate surface area is 124 Å². The lowest BCUT2D eigenvalue weighted by atomic mass is 9.76. The fraction of sp³-hybridized carbons (Fsp3) is 0.625. The molecule has 1 spiro atoms. The van der Waals surface area contributed by atoms with Gasteiger partial charge in [0, 0.05) is 12.8 Å². The predicted octanol–water partition coefficient (Wildman–Crippen LogP) is 1.78. The molecule has 21 heavy (non-hydrogen) atoms. The molecule has 1 unspecified atom stereocenters. The fourth-order valence-electron chi connectivity index (χ4n) is 3.22. The molecule has 2 fully saturated rings. The summed E-state index contributed by atoms with van der Waals surface area (Å²) in [5.41, 5.74) is -0.433. The van der Waals surface area contributed by atoms with Gasteiger partial charge in [0.2, 0.25) is 0 Å². The standard InChI is InChI=1S/C16H22O5/c1-19-13-4-2-12(3-5-13)14(17)15(18)6-8-16(9-7-15)20-10-11-21-16/h2-5,14,17-18H,6-11H2,1H3. The van der Waals surface area contributed by atoms with Gasteiger partial charge in [-0.15, -0.1) is 0 Å². The maximum Gasteiger partial charge on any atom is 0.168 e. The van der Waals surface area contributed by atoms with Crippen LogP contribution in [0, 0.1) is 0 Å². The van der Waals surface area contributed by atoms with Gasteiger partial charge in [0.1, 0.15) is 11.9 Å². The summed E-state index contributed by atoms with van der Waals surface area (Å²) in [5.74, 6) is 0.194. The van der Waals surface area contributed by atoms with E-state index in [-0.39, 0.29) is 0 Å². The van der Waals surface area contributed by atoms with Crippen LogP contribution in [-0.4, -0.2) is 41.9 Å². The maximum absolute atomic E-state index is 10.8. The second-order valence-corrected chi connectivity index (χ2v) is 5.89. The first-order valence-corrected chi connectivity index (χ1v) is 7.39. The molecule has 1 aliphatic heterocycles. The van der Waals surface area contributed by atoms with Crippen LogP contribution in [0.1, 0.15) is 37.4 Å². The Morgan fingerprint density at radius 1 is 1.05 bits per heavy atom. The van der Waals surface area contributed by atoms with Crippen molar-refractivity contribution in [2.45, 2.75) is 43.2 Å². The summed E-state index contributed by atoms with van der Waals surface area (Å²) in [5, 5.41) is 21.3. The largest absolute Gasteiger partial charge is 0.497 e. The fourth-order valence-corrected chi connectivity index (χ4v) is 3.22. The Kier molecular flexibility index (Phi) is 3.92. The third kappa shape index (κ3) is 2.79. The van der Waals surface area contributed by atoms with Gasteiger partial charge in [0.25, 0.3) is 0 Å². The van der Waals surface area contributed by atoms with Gasteiger partial charge in [0.05, 0.1) is 25.9 Å². The molecule has 3 rings (SSSR count). The van der Waals surface area contributed by atoms with Crippen molar-refractivity contribution in [1.29, 1.82) is 0 Å². The summed E-state index contributed by atoms with van der Waals surface area (Å²) in [4.78, 5) is 0. The van der Waals surface area contributed by atoms with Crippen molar-refractivity contribution in [3.8, 4) is 5.75 Å². The highest BCUT2D eigenvalue weighted by Crippen LogP contribution is 2.45. The Morgan fingerprint density at radius 2 is 1.62 bits per heavy atom. The number of aliphatic hydroxyl groups is 2. The molecule has 0 bridgehead atoms. The van der Waals surface area contributed by atoms with Gasteiger partial charge < -0.3 is 24.4 Å². The van der Waals surface area contributed by atoms with Crippen LogP contribution in [0.3, 0.4) is 0 Å². The number of rotatable bonds is 3. The summed E-state index contributed by atoms with van der Waals surface area (Å²) in [6, 6.07) is 7.15. The number of benzene rings is 1. The molecule has 1 aromatic carbocycles. The predicted molar refractivity (Wildman–Crippen MR) is 76.0 cm³/mol. The van der Waals surface area contributed by atoms with Gasteiger partial charge in [-0.05, 0) is 30.5 Å². The van der Waals surface area contributed by atoms with E-state index >= 15 is 0 Å². The van der Waals surface area contributed by atoms with Crippen LogP contribution in [-0.2, 0) is 9.47 Å². The van der Waals surface area contributed by atoms with Crippen molar-refractivity contribution in [3.63, 3.8) is 0 Å². The van der Waals surface area contributed by atoms with Crippen LogP contribution in [0.5, 0.6) is 5.75 Å². The molecule has 5 heteroatoms. The van der Waals surface area contributed by atoms with E-state index < -0.39 is 17.5 Å². The first-order chi connectivity index (χ1) is 10.1. The van der Waals surface area contributed by atoms with Crippen LogP contribution in [0.2, 0.25) is 0 Å². The average molecular weight is 294 g/mol. The maximum atomic E-state index is 10.8. The van der Waals surface area contributed by atoms with E-state index in [1.54, 1.807) is 31.4 Å². The SMILES string of the molecule is COc1ccc(C(O)C2(O)CCC3(CC2)OCCO3)cc1. The summed E-state index contributed by atoms with van der Waals surface area (Å²) in [6.45, 7) is 1.22. The minimum atomic E-state index is -1.13. The molecular weight excluding hydrogens is 272 g/mol. The van der Waals surface area contributed by atoms with Crippen LogP contribution in [0.4, 0.5) is 0 Å². The number of aliphatic hydroxyl groups excluding tert-OH is 1. The third-order valence-electron chi connectivity index (χ3n) is 4.63. The van der Waals surface area contributed by atoms with Crippen molar-refractivity contribution in [2.24, 2.45) is 0 Å². The molecule has 1 saturated heterocycles. The third-order valence-corrected chi connectivity index (χ3v) is 4.63. The Balaban J connectivity index is 1.70. The number of hydrogen-bond acceptors (Lipinski definition) is 5. The lowest BCUT2D eigenvalue weighted by molar-refractivity contribution is -0.217. The minimum absolute atomic E-state index is 0.459. The quantitative estimate of drug-likeness (QED) is 0.889. The highest BCUT2D eigenvalue weighted by molar-refractivity contribution is 5.29.